The molecular formula is C17H27NO3. The van der Waals surface area contributed by atoms with Crippen molar-refractivity contribution in [1.29, 1.82) is 0 Å². The van der Waals surface area contributed by atoms with Crippen LogP contribution in [0.5, 0.6) is 5.75 Å². The highest BCUT2D eigenvalue weighted by atomic mass is 16.5. The van der Waals surface area contributed by atoms with Crippen molar-refractivity contribution in [2.45, 2.75) is 39.3 Å². The number of ether oxygens (including phenoxy) is 2. The van der Waals surface area contributed by atoms with Crippen LogP contribution in [-0.4, -0.2) is 54.6 Å². The van der Waals surface area contributed by atoms with Gasteiger partial charge in [0.1, 0.15) is 18.5 Å². The molecule has 4 heteroatoms. The Balaban J connectivity index is 1.87. The van der Waals surface area contributed by atoms with Crippen LogP contribution in [-0.2, 0) is 4.74 Å². The second kappa shape index (κ2) is 6.77. The fraction of sp³-hybridized carbons (Fsp3) is 0.647. The zero-order chi connectivity index (χ0) is 15.5. The van der Waals surface area contributed by atoms with Crippen LogP contribution in [0.1, 0.15) is 25.0 Å². The van der Waals surface area contributed by atoms with Crippen molar-refractivity contribution in [2.24, 2.45) is 0 Å². The molecule has 0 aliphatic carbocycles. The predicted molar refractivity (Wildman–Crippen MR) is 83.9 cm³/mol. The second-order valence-corrected chi connectivity index (χ2v) is 6.54. The highest BCUT2D eigenvalue weighted by Crippen LogP contribution is 2.21. The number of nitrogens with zero attached hydrogens (tertiary/aromatic N) is 1. The van der Waals surface area contributed by atoms with E-state index in [4.69, 9.17) is 9.47 Å². The van der Waals surface area contributed by atoms with Crippen molar-refractivity contribution in [3.8, 4) is 5.75 Å². The van der Waals surface area contributed by atoms with Gasteiger partial charge < -0.3 is 14.6 Å². The van der Waals surface area contributed by atoms with E-state index in [1.54, 1.807) is 0 Å². The first kappa shape index (κ1) is 16.3. The first-order valence-corrected chi connectivity index (χ1v) is 7.59. The van der Waals surface area contributed by atoms with Crippen molar-refractivity contribution in [2.75, 3.05) is 32.9 Å². The lowest BCUT2D eigenvalue weighted by Gasteiger charge is -2.42. The molecule has 1 aliphatic heterocycles. The average Bonchev–Trinajstić information content (AvgIpc) is 2.42. The zero-order valence-electron chi connectivity index (χ0n) is 13.6. The molecule has 0 radical (unpaired) electrons. The Morgan fingerprint density at radius 3 is 2.86 bits per heavy atom. The first-order valence-electron chi connectivity index (χ1n) is 7.59. The minimum absolute atomic E-state index is 0.0293. The van der Waals surface area contributed by atoms with Gasteiger partial charge in [-0.25, -0.2) is 0 Å². The summed E-state index contributed by atoms with van der Waals surface area (Å²) in [6.07, 6.45) is -0.498. The van der Waals surface area contributed by atoms with Gasteiger partial charge in [-0.2, -0.15) is 0 Å². The van der Waals surface area contributed by atoms with Crippen molar-refractivity contribution in [1.82, 2.24) is 4.90 Å². The van der Waals surface area contributed by atoms with Crippen LogP contribution < -0.4 is 4.74 Å². The number of benzene rings is 1. The molecule has 2 rings (SSSR count). The minimum Gasteiger partial charge on any atom is -0.491 e. The monoisotopic (exact) mass is 293 g/mol. The molecule has 4 nitrogen and oxygen atoms in total. The molecule has 1 heterocycles. The summed E-state index contributed by atoms with van der Waals surface area (Å²) in [5, 5.41) is 10.2. The minimum atomic E-state index is -0.498. The number of aryl methyl sites for hydroxylation is 2. The maximum Gasteiger partial charge on any atom is 0.122 e. The first-order chi connectivity index (χ1) is 9.88. The zero-order valence-corrected chi connectivity index (χ0v) is 13.6. The van der Waals surface area contributed by atoms with Crippen molar-refractivity contribution >= 4 is 0 Å². The summed E-state index contributed by atoms with van der Waals surface area (Å²) in [5.41, 5.74) is 2.23. The molecule has 0 saturated carbocycles. The lowest BCUT2D eigenvalue weighted by molar-refractivity contribution is -0.0703. The van der Waals surface area contributed by atoms with E-state index >= 15 is 0 Å². The largest absolute Gasteiger partial charge is 0.491 e. The summed E-state index contributed by atoms with van der Waals surface area (Å²) < 4.78 is 11.3. The number of aliphatic hydroxyl groups is 1. The van der Waals surface area contributed by atoms with E-state index in [0.29, 0.717) is 19.8 Å². The van der Waals surface area contributed by atoms with Gasteiger partial charge in [0.25, 0.3) is 0 Å². The molecular weight excluding hydrogens is 266 g/mol. The Kier molecular flexibility index (Phi) is 5.25. The van der Waals surface area contributed by atoms with E-state index in [-0.39, 0.29) is 5.54 Å². The van der Waals surface area contributed by atoms with Gasteiger partial charge in [-0.15, -0.1) is 0 Å². The normalized spacial score (nSPS) is 20.2. The van der Waals surface area contributed by atoms with Crippen molar-refractivity contribution in [3.63, 3.8) is 0 Å². The third-order valence-corrected chi connectivity index (χ3v) is 4.02. The van der Waals surface area contributed by atoms with E-state index in [2.05, 4.69) is 24.8 Å². The molecule has 1 fully saturated rings. The van der Waals surface area contributed by atoms with E-state index in [1.807, 2.05) is 26.0 Å². The molecule has 1 unspecified atom stereocenters. The molecule has 0 amide bonds. The van der Waals surface area contributed by atoms with Crippen LogP contribution >= 0.6 is 0 Å². The van der Waals surface area contributed by atoms with E-state index < -0.39 is 6.10 Å². The predicted octanol–water partition coefficient (Wildman–Crippen LogP) is 2.15. The van der Waals surface area contributed by atoms with E-state index in [0.717, 1.165) is 24.5 Å². The number of aliphatic hydroxyl groups excluding tert-OH is 1. The van der Waals surface area contributed by atoms with Gasteiger partial charge in [0, 0.05) is 18.6 Å². The van der Waals surface area contributed by atoms with Gasteiger partial charge in [-0.3, -0.25) is 4.90 Å². The quantitative estimate of drug-likeness (QED) is 0.903. The second-order valence-electron chi connectivity index (χ2n) is 6.54. The van der Waals surface area contributed by atoms with Gasteiger partial charge in [0.05, 0.1) is 13.2 Å². The van der Waals surface area contributed by atoms with Crippen molar-refractivity contribution in [3.05, 3.63) is 29.3 Å². The highest BCUT2D eigenvalue weighted by molar-refractivity contribution is 5.35. The van der Waals surface area contributed by atoms with Crippen LogP contribution in [0.15, 0.2) is 18.2 Å². The van der Waals surface area contributed by atoms with Crippen LogP contribution in [0.3, 0.4) is 0 Å². The number of hydrogen-bond acceptors (Lipinski definition) is 4. The maximum absolute atomic E-state index is 10.2. The molecule has 1 aromatic carbocycles. The lowest BCUT2D eigenvalue weighted by atomic mass is 10.0. The third-order valence-electron chi connectivity index (χ3n) is 4.02. The number of β-amino-alcohol motifs (C(OH)–C–C–N with tert-alkyl or cyclic N) is 1. The maximum atomic E-state index is 10.2. The Morgan fingerprint density at radius 2 is 2.14 bits per heavy atom. The van der Waals surface area contributed by atoms with Crippen LogP contribution in [0.25, 0.3) is 0 Å². The highest BCUT2D eigenvalue weighted by Gasteiger charge is 2.31. The lowest BCUT2D eigenvalue weighted by Crippen LogP contribution is -2.55. The molecule has 1 atom stereocenters. The van der Waals surface area contributed by atoms with E-state index in [1.165, 1.54) is 5.56 Å². The van der Waals surface area contributed by atoms with Gasteiger partial charge in [0.15, 0.2) is 0 Å². The fourth-order valence-corrected chi connectivity index (χ4v) is 2.58. The SMILES string of the molecule is Cc1ccc(C)c(OCC(O)CN2CCOCC2(C)C)c1. The molecule has 0 bridgehead atoms. The summed E-state index contributed by atoms with van der Waals surface area (Å²) in [6, 6.07) is 6.12. The molecule has 21 heavy (non-hydrogen) atoms. The summed E-state index contributed by atoms with van der Waals surface area (Å²) in [7, 11) is 0. The Hall–Kier alpha value is -1.10. The van der Waals surface area contributed by atoms with Gasteiger partial charge >= 0.3 is 0 Å². The van der Waals surface area contributed by atoms with Crippen molar-refractivity contribution < 1.29 is 14.6 Å². The average molecular weight is 293 g/mol. The Labute approximate surface area is 127 Å². The summed E-state index contributed by atoms with van der Waals surface area (Å²) in [4.78, 5) is 2.27. The van der Waals surface area contributed by atoms with Gasteiger partial charge in [0.2, 0.25) is 0 Å². The number of hydrogen-bond donors (Lipinski definition) is 1. The molecule has 1 N–H and O–H groups in total. The topological polar surface area (TPSA) is 41.9 Å². The molecule has 1 aromatic rings. The van der Waals surface area contributed by atoms with Crippen LogP contribution in [0.2, 0.25) is 0 Å². The third kappa shape index (κ3) is 4.43. The van der Waals surface area contributed by atoms with Gasteiger partial charge in [-0.1, -0.05) is 12.1 Å². The summed E-state index contributed by atoms with van der Waals surface area (Å²) in [6.45, 7) is 11.6. The van der Waals surface area contributed by atoms with Crippen LogP contribution in [0.4, 0.5) is 0 Å². The smallest absolute Gasteiger partial charge is 0.122 e. The number of rotatable bonds is 5. The summed E-state index contributed by atoms with van der Waals surface area (Å²) >= 11 is 0. The summed E-state index contributed by atoms with van der Waals surface area (Å²) in [5.74, 6) is 0.857. The number of morpholine rings is 1. The van der Waals surface area contributed by atoms with Crippen LogP contribution in [0, 0.1) is 13.8 Å². The Bertz CT molecular complexity index is 473. The molecule has 118 valence electrons. The Morgan fingerprint density at radius 1 is 1.38 bits per heavy atom. The standard InChI is InChI=1S/C17H27NO3/c1-13-5-6-14(2)16(9-13)21-11-15(19)10-18-7-8-20-12-17(18,3)4/h5-6,9,15,19H,7-8,10-12H2,1-4H3. The molecule has 1 saturated heterocycles. The molecule has 1 aliphatic rings. The van der Waals surface area contributed by atoms with Gasteiger partial charge in [-0.05, 0) is 44.9 Å². The van der Waals surface area contributed by atoms with E-state index in [9.17, 15) is 5.11 Å². The molecule has 0 aromatic heterocycles. The fourth-order valence-electron chi connectivity index (χ4n) is 2.58. The molecule has 0 spiro atoms.